The van der Waals surface area contributed by atoms with E-state index in [1.54, 1.807) is 18.0 Å². The second kappa shape index (κ2) is 7.69. The zero-order chi connectivity index (χ0) is 20.3. The predicted molar refractivity (Wildman–Crippen MR) is 104 cm³/mol. The fraction of sp³-hybridized carbons (Fsp3) is 0.167. The molecule has 10 heteroatoms. The molecule has 0 fully saturated rings. The van der Waals surface area contributed by atoms with Crippen molar-refractivity contribution >= 4 is 21.2 Å². The SMILES string of the molecule is COc1ccc(-n2ccc(CNc3ccc([N+](=O)[O-])c(S(C)(=O)=O)c3)n2)cc1. The standard InChI is InChI=1S/C18H18N4O5S/c1-27-16-6-4-15(5-7-16)21-10-9-14(20-21)12-19-13-3-8-17(22(23)24)18(11-13)28(2,25)26/h3-11,19H,12H2,1-2H3. The number of ether oxygens (including phenoxy) is 1. The quantitative estimate of drug-likeness (QED) is 0.477. The summed E-state index contributed by atoms with van der Waals surface area (Å²) in [5, 5.41) is 18.5. The van der Waals surface area contributed by atoms with Gasteiger partial charge in [0, 0.05) is 24.2 Å². The lowest BCUT2D eigenvalue weighted by Gasteiger charge is -2.07. The number of aromatic nitrogens is 2. The van der Waals surface area contributed by atoms with Crippen LogP contribution in [0.2, 0.25) is 0 Å². The number of methoxy groups -OCH3 is 1. The van der Waals surface area contributed by atoms with E-state index in [9.17, 15) is 18.5 Å². The summed E-state index contributed by atoms with van der Waals surface area (Å²) in [6, 6.07) is 13.1. The molecule has 28 heavy (non-hydrogen) atoms. The van der Waals surface area contributed by atoms with Gasteiger partial charge in [-0.1, -0.05) is 0 Å². The predicted octanol–water partition coefficient (Wildman–Crippen LogP) is 2.80. The summed E-state index contributed by atoms with van der Waals surface area (Å²) in [6.45, 7) is 0.324. The molecular weight excluding hydrogens is 384 g/mol. The normalized spacial score (nSPS) is 11.2. The van der Waals surface area contributed by atoms with Crippen LogP contribution in [0.4, 0.5) is 11.4 Å². The molecule has 0 radical (unpaired) electrons. The average molecular weight is 402 g/mol. The zero-order valence-electron chi connectivity index (χ0n) is 15.2. The lowest BCUT2D eigenvalue weighted by atomic mass is 10.2. The van der Waals surface area contributed by atoms with Crippen molar-refractivity contribution in [1.29, 1.82) is 0 Å². The van der Waals surface area contributed by atoms with Crippen molar-refractivity contribution in [3.05, 3.63) is 70.5 Å². The Bertz CT molecular complexity index is 1110. The molecule has 3 aromatic rings. The van der Waals surface area contributed by atoms with Crippen molar-refractivity contribution in [1.82, 2.24) is 9.78 Å². The van der Waals surface area contributed by atoms with Gasteiger partial charge in [0.05, 0.1) is 30.0 Å². The number of benzene rings is 2. The van der Waals surface area contributed by atoms with Crippen molar-refractivity contribution in [2.24, 2.45) is 0 Å². The van der Waals surface area contributed by atoms with Gasteiger partial charge in [-0.15, -0.1) is 0 Å². The van der Waals surface area contributed by atoms with Crippen LogP contribution in [0.3, 0.4) is 0 Å². The molecule has 0 bridgehead atoms. The Hall–Kier alpha value is -3.40. The van der Waals surface area contributed by atoms with Crippen molar-refractivity contribution in [3.8, 4) is 11.4 Å². The molecule has 2 aromatic carbocycles. The Morgan fingerprint density at radius 1 is 1.18 bits per heavy atom. The van der Waals surface area contributed by atoms with Crippen LogP contribution in [0.5, 0.6) is 5.75 Å². The van der Waals surface area contributed by atoms with Gasteiger partial charge in [-0.05, 0) is 42.5 Å². The molecule has 1 N–H and O–H groups in total. The van der Waals surface area contributed by atoms with Crippen LogP contribution in [0.25, 0.3) is 5.69 Å². The van der Waals surface area contributed by atoms with E-state index in [0.29, 0.717) is 12.2 Å². The van der Waals surface area contributed by atoms with Crippen molar-refractivity contribution in [3.63, 3.8) is 0 Å². The summed E-state index contributed by atoms with van der Waals surface area (Å²) in [5.41, 5.74) is 1.58. The molecule has 0 saturated carbocycles. The number of sulfone groups is 1. The maximum Gasteiger partial charge on any atom is 0.288 e. The Morgan fingerprint density at radius 3 is 2.50 bits per heavy atom. The van der Waals surface area contributed by atoms with Gasteiger partial charge in [0.15, 0.2) is 9.84 Å². The number of nitro groups is 1. The second-order valence-electron chi connectivity index (χ2n) is 6.02. The van der Waals surface area contributed by atoms with Crippen LogP contribution in [0.15, 0.2) is 59.6 Å². The maximum absolute atomic E-state index is 11.8. The van der Waals surface area contributed by atoms with Gasteiger partial charge < -0.3 is 10.1 Å². The van der Waals surface area contributed by atoms with Gasteiger partial charge in [-0.25, -0.2) is 13.1 Å². The molecule has 0 spiro atoms. The first-order valence-corrected chi connectivity index (χ1v) is 10.1. The highest BCUT2D eigenvalue weighted by molar-refractivity contribution is 7.90. The minimum absolute atomic E-state index is 0.324. The van der Waals surface area contributed by atoms with E-state index in [-0.39, 0.29) is 4.90 Å². The molecule has 146 valence electrons. The number of anilines is 1. The van der Waals surface area contributed by atoms with E-state index < -0.39 is 20.4 Å². The van der Waals surface area contributed by atoms with E-state index in [0.717, 1.165) is 23.4 Å². The van der Waals surface area contributed by atoms with Crippen molar-refractivity contribution < 1.29 is 18.1 Å². The number of hydrogen-bond donors (Lipinski definition) is 1. The van der Waals surface area contributed by atoms with Gasteiger partial charge >= 0.3 is 0 Å². The molecule has 0 atom stereocenters. The lowest BCUT2D eigenvalue weighted by Crippen LogP contribution is -2.06. The van der Waals surface area contributed by atoms with E-state index >= 15 is 0 Å². The van der Waals surface area contributed by atoms with E-state index in [2.05, 4.69) is 10.4 Å². The summed E-state index contributed by atoms with van der Waals surface area (Å²) < 4.78 is 30.5. The molecule has 0 aliphatic heterocycles. The molecule has 9 nitrogen and oxygen atoms in total. The maximum atomic E-state index is 11.8. The van der Waals surface area contributed by atoms with Gasteiger partial charge in [0.25, 0.3) is 5.69 Å². The molecule has 0 aliphatic carbocycles. The van der Waals surface area contributed by atoms with Crippen molar-refractivity contribution in [2.75, 3.05) is 18.7 Å². The molecule has 0 aliphatic rings. The highest BCUT2D eigenvalue weighted by Crippen LogP contribution is 2.27. The fourth-order valence-corrected chi connectivity index (χ4v) is 3.46. The number of nitrogens with zero attached hydrogens (tertiary/aromatic N) is 3. The van der Waals surface area contributed by atoms with Crippen LogP contribution in [0.1, 0.15) is 5.69 Å². The summed E-state index contributed by atoms with van der Waals surface area (Å²) in [5.74, 6) is 0.748. The molecule has 1 aromatic heterocycles. The summed E-state index contributed by atoms with van der Waals surface area (Å²) in [6.07, 6.45) is 2.74. The molecule has 0 amide bonds. The van der Waals surface area contributed by atoms with E-state index in [4.69, 9.17) is 4.74 Å². The van der Waals surface area contributed by atoms with Crippen LogP contribution in [-0.4, -0.2) is 36.5 Å². The zero-order valence-corrected chi connectivity index (χ0v) is 16.0. The van der Waals surface area contributed by atoms with Gasteiger partial charge in [0.1, 0.15) is 10.6 Å². The Labute approximate surface area is 161 Å². The third-order valence-corrected chi connectivity index (χ3v) is 5.14. The molecule has 3 rings (SSSR count). The van der Waals surface area contributed by atoms with Crippen LogP contribution in [-0.2, 0) is 16.4 Å². The van der Waals surface area contributed by atoms with Crippen LogP contribution >= 0.6 is 0 Å². The van der Waals surface area contributed by atoms with E-state index in [1.807, 2.05) is 30.3 Å². The minimum atomic E-state index is -3.73. The van der Waals surface area contributed by atoms with Gasteiger partial charge in [-0.3, -0.25) is 10.1 Å². The fourth-order valence-electron chi connectivity index (χ4n) is 2.60. The first-order chi connectivity index (χ1) is 13.3. The highest BCUT2D eigenvalue weighted by atomic mass is 32.2. The minimum Gasteiger partial charge on any atom is -0.497 e. The number of rotatable bonds is 7. The summed E-state index contributed by atoms with van der Waals surface area (Å²) in [7, 11) is -2.14. The number of nitrogens with one attached hydrogen (secondary N) is 1. The Kier molecular flexibility index (Phi) is 5.32. The number of hydrogen-bond acceptors (Lipinski definition) is 7. The third-order valence-electron chi connectivity index (χ3n) is 4.01. The molecule has 0 saturated heterocycles. The molecule has 1 heterocycles. The van der Waals surface area contributed by atoms with E-state index in [1.165, 1.54) is 18.2 Å². The van der Waals surface area contributed by atoms with Crippen molar-refractivity contribution in [2.45, 2.75) is 11.4 Å². The molecule has 0 unspecified atom stereocenters. The summed E-state index contributed by atoms with van der Waals surface area (Å²) in [4.78, 5) is 10.00. The van der Waals surface area contributed by atoms with Gasteiger partial charge in [-0.2, -0.15) is 5.10 Å². The topological polar surface area (TPSA) is 116 Å². The first kappa shape index (κ1) is 19.4. The summed E-state index contributed by atoms with van der Waals surface area (Å²) >= 11 is 0. The monoisotopic (exact) mass is 402 g/mol. The lowest BCUT2D eigenvalue weighted by molar-refractivity contribution is -0.387. The average Bonchev–Trinajstić information content (AvgIpc) is 3.14. The highest BCUT2D eigenvalue weighted by Gasteiger charge is 2.22. The first-order valence-electron chi connectivity index (χ1n) is 8.19. The number of nitro benzene ring substituents is 1. The second-order valence-corrected chi connectivity index (χ2v) is 8.00. The largest absolute Gasteiger partial charge is 0.497 e. The third kappa shape index (κ3) is 4.29. The smallest absolute Gasteiger partial charge is 0.288 e. The van der Waals surface area contributed by atoms with Gasteiger partial charge in [0.2, 0.25) is 0 Å². The molecular formula is C18H18N4O5S. The Balaban J connectivity index is 1.76. The Morgan fingerprint density at radius 2 is 1.89 bits per heavy atom. The van der Waals surface area contributed by atoms with Crippen LogP contribution in [0, 0.1) is 10.1 Å². The van der Waals surface area contributed by atoms with Crippen LogP contribution < -0.4 is 10.1 Å².